The summed E-state index contributed by atoms with van der Waals surface area (Å²) in [6.45, 7) is 20.4. The van der Waals surface area contributed by atoms with Crippen LogP contribution in [0, 0.1) is 23.7 Å². The highest BCUT2D eigenvalue weighted by atomic mass is 28.4. The molecular weight excluding hydrogens is 476 g/mol. The largest absolute Gasteiger partial charge is 0.459 e. The minimum absolute atomic E-state index is 0.0332. The van der Waals surface area contributed by atoms with E-state index < -0.39 is 43.6 Å². The zero-order valence-corrected chi connectivity index (χ0v) is 25.0. The molecule has 3 aliphatic heterocycles. The lowest BCUT2D eigenvalue weighted by molar-refractivity contribution is -0.188. The first kappa shape index (κ1) is 29.1. The van der Waals surface area contributed by atoms with Crippen LogP contribution in [0.1, 0.15) is 82.1 Å². The number of ether oxygens (including phenoxy) is 1. The Hall–Kier alpha value is -1.45. The number of nitrogens with zero attached hydrogens (tertiary/aromatic N) is 2. The van der Waals surface area contributed by atoms with Crippen molar-refractivity contribution in [3.8, 4) is 0 Å². The smallest absolute Gasteiger partial charge is 0.314 e. The van der Waals surface area contributed by atoms with Crippen LogP contribution in [0.15, 0.2) is 10.3 Å². The third-order valence-corrected chi connectivity index (χ3v) is 14.0. The molecule has 36 heavy (non-hydrogen) atoms. The van der Waals surface area contributed by atoms with Crippen LogP contribution in [0.3, 0.4) is 0 Å². The highest BCUT2D eigenvalue weighted by Crippen LogP contribution is 2.43. The van der Waals surface area contributed by atoms with E-state index in [0.717, 1.165) is 23.8 Å². The van der Waals surface area contributed by atoms with Gasteiger partial charge in [0.2, 0.25) is 0 Å². The average Bonchev–Trinajstić information content (AvgIpc) is 3.43. The van der Waals surface area contributed by atoms with Crippen molar-refractivity contribution in [2.24, 2.45) is 34.0 Å². The fraction of sp³-hybridized carbons (Fsp3) is 0.889. The zero-order chi connectivity index (χ0) is 27.1. The van der Waals surface area contributed by atoms with Gasteiger partial charge in [0.25, 0.3) is 0 Å². The maximum Gasteiger partial charge on any atom is 0.314 e. The van der Waals surface area contributed by atoms with Crippen LogP contribution in [-0.2, 0) is 23.6 Å². The maximum atomic E-state index is 13.3. The molecule has 9 heteroatoms. The molecule has 4 bridgehead atoms. The van der Waals surface area contributed by atoms with Gasteiger partial charge in [-0.1, -0.05) is 58.8 Å². The number of aliphatic hydroxyl groups is 1. The predicted molar refractivity (Wildman–Crippen MR) is 143 cm³/mol. The summed E-state index contributed by atoms with van der Waals surface area (Å²) in [6, 6.07) is 3.06. The average molecular weight is 525 g/mol. The molecule has 0 radical (unpaired) electrons. The second-order valence-corrected chi connectivity index (χ2v) is 16.4. The molecule has 8 nitrogen and oxygen atoms in total. The molecule has 0 aromatic carbocycles. The van der Waals surface area contributed by atoms with Crippen molar-refractivity contribution in [1.82, 2.24) is 0 Å². The number of rotatable bonds is 6. The maximum absolute atomic E-state index is 13.3. The van der Waals surface area contributed by atoms with Gasteiger partial charge in [-0.15, -0.1) is 0 Å². The second kappa shape index (κ2) is 10.7. The van der Waals surface area contributed by atoms with Crippen molar-refractivity contribution >= 4 is 25.7 Å². The number of hydrogen-bond acceptors (Lipinski definition) is 8. The van der Waals surface area contributed by atoms with Gasteiger partial charge >= 0.3 is 5.97 Å². The molecule has 1 fully saturated rings. The molecule has 1 saturated heterocycles. The van der Waals surface area contributed by atoms with E-state index in [0.29, 0.717) is 18.6 Å². The van der Waals surface area contributed by atoms with Crippen molar-refractivity contribution in [2.75, 3.05) is 0 Å². The minimum atomic E-state index is -2.02. The van der Waals surface area contributed by atoms with Gasteiger partial charge in [-0.25, -0.2) is 0 Å². The molecule has 206 valence electrons. The molecule has 3 rings (SSSR count). The number of hydrogen-bond donors (Lipinski definition) is 1. The molecule has 3 aliphatic rings. The van der Waals surface area contributed by atoms with E-state index in [-0.39, 0.29) is 23.9 Å². The molecular formula is C27H48N2O6Si. The summed E-state index contributed by atoms with van der Waals surface area (Å²) in [7, 11) is -2.02. The number of oxime groups is 2. The highest BCUT2D eigenvalue weighted by Gasteiger charge is 2.55. The first-order chi connectivity index (χ1) is 16.8. The van der Waals surface area contributed by atoms with E-state index in [1.165, 1.54) is 0 Å². The molecule has 1 unspecified atom stereocenters. The number of carbonyl (C=O) groups excluding carboxylic acids is 1. The van der Waals surface area contributed by atoms with Crippen LogP contribution >= 0.6 is 0 Å². The Kier molecular flexibility index (Phi) is 8.68. The van der Waals surface area contributed by atoms with Gasteiger partial charge in [-0.3, -0.25) is 4.79 Å². The van der Waals surface area contributed by atoms with Crippen molar-refractivity contribution in [1.29, 1.82) is 0 Å². The summed E-state index contributed by atoms with van der Waals surface area (Å²) in [5.41, 5.74) is -0.484. The van der Waals surface area contributed by atoms with E-state index in [1.54, 1.807) is 13.8 Å². The predicted octanol–water partition coefficient (Wildman–Crippen LogP) is 5.30. The van der Waals surface area contributed by atoms with Crippen molar-refractivity contribution < 1.29 is 28.7 Å². The van der Waals surface area contributed by atoms with Gasteiger partial charge in [0.15, 0.2) is 20.5 Å². The minimum Gasteiger partial charge on any atom is -0.459 e. The Balaban J connectivity index is 2.08. The van der Waals surface area contributed by atoms with Crippen LogP contribution < -0.4 is 0 Å². The Morgan fingerprint density at radius 1 is 0.944 bits per heavy atom. The third kappa shape index (κ3) is 4.99. The lowest BCUT2D eigenvalue weighted by Crippen LogP contribution is -2.57. The normalized spacial score (nSPS) is 41.5. The van der Waals surface area contributed by atoms with Crippen LogP contribution in [0.4, 0.5) is 0 Å². The van der Waals surface area contributed by atoms with Crippen LogP contribution in [0.2, 0.25) is 18.1 Å². The van der Waals surface area contributed by atoms with E-state index in [4.69, 9.17) is 18.8 Å². The quantitative estimate of drug-likeness (QED) is 0.374. The van der Waals surface area contributed by atoms with E-state index in [9.17, 15) is 9.90 Å². The van der Waals surface area contributed by atoms with Crippen molar-refractivity contribution in [3.63, 3.8) is 0 Å². The van der Waals surface area contributed by atoms with Gasteiger partial charge in [0.05, 0.1) is 22.9 Å². The Bertz CT molecular complexity index is 864. The summed E-state index contributed by atoms with van der Waals surface area (Å²) in [4.78, 5) is 25.3. The van der Waals surface area contributed by atoms with E-state index in [1.807, 2.05) is 13.8 Å². The standard InChI is InChI=1S/C27H48N2O6Si/c1-11-20-27(10,31)24-17(6)21(28-34-24)16(5)15-26(9,35-36(12-2,13-3)14-4)23-18(7)22(29-33-23)19(8)25(30)32-20/h16-20,23-24,31H,11-15H2,1-10H3/t16-,17+,18-,19-,20-,23-,24?,26-,27-/m1/s1. The molecule has 1 N–H and O–H groups in total. The Morgan fingerprint density at radius 2 is 1.47 bits per heavy atom. The molecule has 0 amide bonds. The molecule has 0 spiro atoms. The number of esters is 1. The fourth-order valence-corrected chi connectivity index (χ4v) is 9.83. The lowest BCUT2D eigenvalue weighted by atomic mass is 9.74. The zero-order valence-electron chi connectivity index (χ0n) is 24.0. The summed E-state index contributed by atoms with van der Waals surface area (Å²) in [5.74, 6) is -1.26. The Labute approximate surface area is 218 Å². The van der Waals surface area contributed by atoms with Crippen LogP contribution in [-0.4, -0.2) is 60.3 Å². The van der Waals surface area contributed by atoms with Gasteiger partial charge in [0, 0.05) is 17.8 Å². The topological polar surface area (TPSA) is 98.9 Å². The second-order valence-electron chi connectivity index (χ2n) is 11.7. The Morgan fingerprint density at radius 3 is 2.03 bits per heavy atom. The number of carbonyl (C=O) groups is 1. The van der Waals surface area contributed by atoms with Crippen molar-refractivity contribution in [2.45, 2.75) is 130 Å². The summed E-state index contributed by atoms with van der Waals surface area (Å²) < 4.78 is 13.1. The first-order valence-electron chi connectivity index (χ1n) is 13.9. The summed E-state index contributed by atoms with van der Waals surface area (Å²) in [6.07, 6.45) is -0.549. The monoisotopic (exact) mass is 524 g/mol. The molecule has 0 aliphatic carbocycles. The van der Waals surface area contributed by atoms with Crippen LogP contribution in [0.25, 0.3) is 0 Å². The van der Waals surface area contributed by atoms with Gasteiger partial charge in [0.1, 0.15) is 11.7 Å². The molecule has 3 heterocycles. The SMILES string of the molecule is CC[C@H]1OC(=O)[C@H](C)C2=NO[C@H]([C@@H]2C)[C@](C)(O[Si](CC)(CC)CC)C[C@@H](C)C2=NOC([C@H]2C)[C@]1(C)O. The highest BCUT2D eigenvalue weighted by molar-refractivity contribution is 6.73. The molecule has 0 aromatic heterocycles. The number of fused-ring (bicyclic) bond motifs is 4. The van der Waals surface area contributed by atoms with E-state index >= 15 is 0 Å². The van der Waals surface area contributed by atoms with E-state index in [2.05, 4.69) is 51.9 Å². The lowest BCUT2D eigenvalue weighted by Gasteiger charge is -2.45. The molecule has 0 saturated carbocycles. The fourth-order valence-electron chi connectivity index (χ4n) is 6.71. The van der Waals surface area contributed by atoms with Gasteiger partial charge < -0.3 is 23.9 Å². The summed E-state index contributed by atoms with van der Waals surface area (Å²) >= 11 is 0. The third-order valence-electron chi connectivity index (χ3n) is 9.24. The van der Waals surface area contributed by atoms with Gasteiger partial charge in [-0.05, 0) is 51.7 Å². The van der Waals surface area contributed by atoms with Gasteiger partial charge in [-0.2, -0.15) is 0 Å². The molecule has 0 aromatic rings. The first-order valence-corrected chi connectivity index (χ1v) is 16.4. The summed E-state index contributed by atoms with van der Waals surface area (Å²) in [5, 5.41) is 20.5. The molecule has 9 atom stereocenters. The van der Waals surface area contributed by atoms with Crippen molar-refractivity contribution in [3.05, 3.63) is 0 Å². The van der Waals surface area contributed by atoms with Crippen LogP contribution in [0.5, 0.6) is 0 Å². The number of cyclic esters (lactones) is 1.